The van der Waals surface area contributed by atoms with Gasteiger partial charge in [0.25, 0.3) is 5.91 Å². The molecule has 3 aromatic rings. The van der Waals surface area contributed by atoms with E-state index in [9.17, 15) is 9.59 Å². The van der Waals surface area contributed by atoms with Gasteiger partial charge in [-0.1, -0.05) is 6.07 Å². The van der Waals surface area contributed by atoms with E-state index < -0.39 is 6.04 Å². The Morgan fingerprint density at radius 3 is 3.15 bits per heavy atom. The lowest BCUT2D eigenvalue weighted by molar-refractivity contribution is -0.122. The molecule has 8 heteroatoms. The number of carbonyl (C=O) groups is 2. The maximum Gasteiger partial charge on any atom is 0.252 e. The Kier molecular flexibility index (Phi) is 4.89. The Balaban J connectivity index is 1.64. The van der Waals surface area contributed by atoms with Crippen LogP contribution in [0.4, 0.5) is 0 Å². The fourth-order valence-electron chi connectivity index (χ4n) is 3.34. The molecule has 1 fully saturated rings. The van der Waals surface area contributed by atoms with E-state index in [4.69, 9.17) is 0 Å². The van der Waals surface area contributed by atoms with Crippen LogP contribution in [0.15, 0.2) is 29.8 Å². The summed E-state index contributed by atoms with van der Waals surface area (Å²) in [5.74, 6) is -0.375. The molecule has 1 atom stereocenters. The maximum absolute atomic E-state index is 12.9. The van der Waals surface area contributed by atoms with Crippen molar-refractivity contribution in [3.8, 4) is 0 Å². The molecule has 0 bridgehead atoms. The van der Waals surface area contributed by atoms with Gasteiger partial charge in [0.2, 0.25) is 5.91 Å². The number of hydrogen-bond donors (Lipinski definition) is 2. The van der Waals surface area contributed by atoms with E-state index in [-0.39, 0.29) is 11.8 Å². The van der Waals surface area contributed by atoms with E-state index in [0.29, 0.717) is 36.1 Å². The molecule has 4 rings (SSSR count). The Morgan fingerprint density at radius 2 is 2.33 bits per heavy atom. The van der Waals surface area contributed by atoms with Crippen molar-refractivity contribution in [3.63, 3.8) is 0 Å². The molecule has 2 N–H and O–H groups in total. The van der Waals surface area contributed by atoms with E-state index in [1.165, 1.54) is 4.88 Å². The highest BCUT2D eigenvalue weighted by molar-refractivity contribution is 7.09. The number of nitrogens with one attached hydrogen (secondary N) is 2. The van der Waals surface area contributed by atoms with Gasteiger partial charge in [0.15, 0.2) is 5.65 Å². The Labute approximate surface area is 160 Å². The molecule has 4 heterocycles. The molecule has 1 unspecified atom stereocenters. The van der Waals surface area contributed by atoms with Gasteiger partial charge in [0, 0.05) is 17.1 Å². The minimum atomic E-state index is -0.496. The predicted octanol–water partition coefficient (Wildman–Crippen LogP) is 2.25. The van der Waals surface area contributed by atoms with Crippen LogP contribution in [-0.4, -0.2) is 39.2 Å². The maximum atomic E-state index is 12.9. The number of hydrogen-bond acceptors (Lipinski definition) is 5. The molecule has 1 aliphatic heterocycles. The van der Waals surface area contributed by atoms with Crippen LogP contribution in [0.25, 0.3) is 11.0 Å². The van der Waals surface area contributed by atoms with Crippen LogP contribution in [0.2, 0.25) is 0 Å². The number of carbonyl (C=O) groups excluding carboxylic acids is 2. The zero-order valence-electron chi connectivity index (χ0n) is 15.1. The monoisotopic (exact) mass is 383 g/mol. The van der Waals surface area contributed by atoms with E-state index in [1.807, 2.05) is 29.1 Å². The van der Waals surface area contributed by atoms with Crippen molar-refractivity contribution in [1.82, 2.24) is 25.4 Å². The largest absolute Gasteiger partial charge is 0.354 e. The lowest BCUT2D eigenvalue weighted by atomic mass is 10.1. The fraction of sp³-hybridized carbons (Fsp3) is 0.368. The average molecular weight is 383 g/mol. The van der Waals surface area contributed by atoms with Crippen molar-refractivity contribution >= 4 is 34.2 Å². The van der Waals surface area contributed by atoms with Crippen LogP contribution in [0.1, 0.15) is 40.2 Å². The van der Waals surface area contributed by atoms with Crippen LogP contribution < -0.4 is 10.6 Å². The fourth-order valence-corrected chi connectivity index (χ4v) is 4.03. The molecule has 0 radical (unpaired) electrons. The second-order valence-electron chi connectivity index (χ2n) is 6.74. The Morgan fingerprint density at radius 1 is 1.44 bits per heavy atom. The van der Waals surface area contributed by atoms with E-state index in [1.54, 1.807) is 23.6 Å². The number of aryl methyl sites for hydroxylation is 1. The van der Waals surface area contributed by atoms with Gasteiger partial charge in [-0.2, -0.15) is 5.10 Å². The third-order valence-electron chi connectivity index (χ3n) is 4.71. The van der Waals surface area contributed by atoms with Gasteiger partial charge >= 0.3 is 0 Å². The van der Waals surface area contributed by atoms with E-state index in [0.717, 1.165) is 18.5 Å². The third-order valence-corrected chi connectivity index (χ3v) is 5.57. The molecule has 0 saturated carbocycles. The average Bonchev–Trinajstić information content (AvgIpc) is 3.25. The number of pyridine rings is 1. The van der Waals surface area contributed by atoms with Crippen molar-refractivity contribution in [3.05, 3.63) is 45.9 Å². The first kappa shape index (κ1) is 17.7. The van der Waals surface area contributed by atoms with Gasteiger partial charge in [-0.05, 0) is 43.7 Å². The first-order valence-corrected chi connectivity index (χ1v) is 9.94. The third kappa shape index (κ3) is 3.71. The molecule has 7 nitrogen and oxygen atoms in total. The van der Waals surface area contributed by atoms with Crippen LogP contribution in [0.5, 0.6) is 0 Å². The molecule has 0 spiro atoms. The van der Waals surface area contributed by atoms with E-state index >= 15 is 0 Å². The first-order valence-electron chi connectivity index (χ1n) is 9.06. The van der Waals surface area contributed by atoms with Crippen molar-refractivity contribution in [2.45, 2.75) is 38.8 Å². The molecular formula is C19H21N5O2S. The number of nitrogens with zero attached hydrogens (tertiary/aromatic N) is 3. The quantitative estimate of drug-likeness (QED) is 0.723. The minimum Gasteiger partial charge on any atom is -0.354 e. The van der Waals surface area contributed by atoms with Gasteiger partial charge in [0.1, 0.15) is 6.04 Å². The number of aromatic nitrogens is 3. The molecule has 3 aromatic heterocycles. The molecule has 1 saturated heterocycles. The molecule has 27 heavy (non-hydrogen) atoms. The smallest absolute Gasteiger partial charge is 0.252 e. The Hall–Kier alpha value is -2.74. The van der Waals surface area contributed by atoms with Gasteiger partial charge in [-0.3, -0.25) is 9.59 Å². The zero-order valence-corrected chi connectivity index (χ0v) is 15.9. The summed E-state index contributed by atoms with van der Waals surface area (Å²) in [6.45, 7) is 3.14. The zero-order chi connectivity index (χ0) is 18.8. The lowest BCUT2D eigenvalue weighted by Crippen LogP contribution is -2.45. The van der Waals surface area contributed by atoms with Crippen molar-refractivity contribution in [1.29, 1.82) is 0 Å². The lowest BCUT2D eigenvalue weighted by Gasteiger charge is -2.15. The Bertz CT molecular complexity index is 980. The SMILES string of the molecule is Cc1cc(C(=O)NC2CCCCNC2=O)c2cnn(Cc3cccs3)c2n1. The number of amides is 2. The summed E-state index contributed by atoms with van der Waals surface area (Å²) >= 11 is 1.66. The molecule has 0 aromatic carbocycles. The topological polar surface area (TPSA) is 88.9 Å². The standard InChI is InChI=1S/C19H21N5O2S/c1-12-9-14(18(25)23-16-6-2-3-7-20-19(16)26)15-10-21-24(17(15)22-12)11-13-5-4-8-27-13/h4-5,8-10,16H,2-3,6-7,11H2,1H3,(H,20,26)(H,23,25). The summed E-state index contributed by atoms with van der Waals surface area (Å²) < 4.78 is 1.81. The molecule has 140 valence electrons. The van der Waals surface area contributed by atoms with Gasteiger partial charge < -0.3 is 10.6 Å². The number of rotatable bonds is 4. The summed E-state index contributed by atoms with van der Waals surface area (Å²) in [4.78, 5) is 30.8. The van der Waals surface area contributed by atoms with Crippen molar-refractivity contribution in [2.75, 3.05) is 6.54 Å². The minimum absolute atomic E-state index is 0.115. The second-order valence-corrected chi connectivity index (χ2v) is 7.78. The van der Waals surface area contributed by atoms with Gasteiger partial charge in [-0.15, -0.1) is 11.3 Å². The van der Waals surface area contributed by atoms with Crippen LogP contribution in [0, 0.1) is 6.92 Å². The summed E-state index contributed by atoms with van der Waals surface area (Å²) in [7, 11) is 0. The number of fused-ring (bicyclic) bond motifs is 1. The second kappa shape index (κ2) is 7.48. The summed E-state index contributed by atoms with van der Waals surface area (Å²) in [5.41, 5.74) is 1.93. The summed E-state index contributed by atoms with van der Waals surface area (Å²) in [6, 6.07) is 5.31. The highest BCUT2D eigenvalue weighted by Crippen LogP contribution is 2.21. The summed E-state index contributed by atoms with van der Waals surface area (Å²) in [5, 5.41) is 12.9. The molecule has 1 aliphatic rings. The van der Waals surface area contributed by atoms with Crippen LogP contribution >= 0.6 is 11.3 Å². The van der Waals surface area contributed by atoms with Gasteiger partial charge in [-0.25, -0.2) is 9.67 Å². The van der Waals surface area contributed by atoms with Crippen molar-refractivity contribution < 1.29 is 9.59 Å². The van der Waals surface area contributed by atoms with Crippen LogP contribution in [-0.2, 0) is 11.3 Å². The van der Waals surface area contributed by atoms with Gasteiger partial charge in [0.05, 0.1) is 23.7 Å². The number of thiophene rings is 1. The van der Waals surface area contributed by atoms with Crippen LogP contribution in [0.3, 0.4) is 0 Å². The first-order chi connectivity index (χ1) is 13.1. The molecular weight excluding hydrogens is 362 g/mol. The predicted molar refractivity (Wildman–Crippen MR) is 104 cm³/mol. The molecule has 2 amide bonds. The normalized spacial score (nSPS) is 17.5. The highest BCUT2D eigenvalue weighted by Gasteiger charge is 2.24. The van der Waals surface area contributed by atoms with E-state index in [2.05, 4.69) is 20.7 Å². The highest BCUT2D eigenvalue weighted by atomic mass is 32.1. The summed E-state index contributed by atoms with van der Waals surface area (Å²) in [6.07, 6.45) is 4.18. The van der Waals surface area contributed by atoms with Crippen molar-refractivity contribution in [2.24, 2.45) is 0 Å². The molecule has 0 aliphatic carbocycles.